The van der Waals surface area contributed by atoms with Crippen LogP contribution >= 0.6 is 0 Å². The molecule has 0 atom stereocenters. The maximum atomic E-state index is 3.72. The molecule has 1 rings (SSSR count). The molecule has 0 N–H and O–H groups in total. The topological polar surface area (TPSA) is 0 Å². The third-order valence-electron chi connectivity index (χ3n) is 2.11. The van der Waals surface area contributed by atoms with Crippen LogP contribution in [-0.4, -0.2) is 10.2 Å². The van der Waals surface area contributed by atoms with Crippen LogP contribution in [0.15, 0.2) is 0 Å². The fourth-order valence-corrected chi connectivity index (χ4v) is 1.86. The second-order valence-electron chi connectivity index (χ2n) is 3.04. The lowest BCUT2D eigenvalue weighted by Crippen LogP contribution is -1.96. The Morgan fingerprint density at radius 2 is 1.22 bits per heavy atom. The Hall–Kier alpha value is 0.217. The van der Waals surface area contributed by atoms with Crippen molar-refractivity contribution in [3.8, 4) is 0 Å². The van der Waals surface area contributed by atoms with Crippen molar-refractivity contribution in [1.82, 2.24) is 0 Å². The van der Waals surface area contributed by atoms with Gasteiger partial charge in [0.1, 0.15) is 0 Å². The molecule has 0 heterocycles. The minimum atomic E-state index is 0.824. The lowest BCUT2D eigenvalue weighted by molar-refractivity contribution is 0.504. The summed E-state index contributed by atoms with van der Waals surface area (Å²) in [6.45, 7) is 0. The highest BCUT2D eigenvalue weighted by molar-refractivity contribution is 6.11. The van der Waals surface area contributed by atoms with Gasteiger partial charge in [0.15, 0.2) is 0 Å². The van der Waals surface area contributed by atoms with E-state index < -0.39 is 0 Å². The summed E-state index contributed by atoms with van der Waals surface area (Å²) in [4.78, 5) is 0. The van der Waals surface area contributed by atoms with Crippen LogP contribution in [0.25, 0.3) is 0 Å². The summed E-state index contributed by atoms with van der Waals surface area (Å²) < 4.78 is 0. The molecule has 1 fully saturated rings. The van der Waals surface area contributed by atoms with Crippen molar-refractivity contribution < 1.29 is 0 Å². The molecular formula is C8H15Si. The highest BCUT2D eigenvalue weighted by Crippen LogP contribution is 2.23. The van der Waals surface area contributed by atoms with Crippen LogP contribution in [0.5, 0.6) is 0 Å². The third-order valence-corrected chi connectivity index (χ3v) is 2.68. The van der Waals surface area contributed by atoms with Crippen LogP contribution in [0, 0.1) is 0 Å². The lowest BCUT2D eigenvalue weighted by atomic mass is 10.0. The van der Waals surface area contributed by atoms with Crippen molar-refractivity contribution in [2.45, 2.75) is 50.5 Å². The van der Waals surface area contributed by atoms with E-state index in [0.717, 1.165) is 5.54 Å². The highest BCUT2D eigenvalue weighted by Gasteiger charge is 2.04. The van der Waals surface area contributed by atoms with Gasteiger partial charge in [-0.05, 0) is 0 Å². The second kappa shape index (κ2) is 4.10. The lowest BCUT2D eigenvalue weighted by Gasteiger charge is -2.13. The normalized spacial score (nSPS) is 25.0. The van der Waals surface area contributed by atoms with E-state index >= 15 is 0 Å². The molecule has 3 radical (unpaired) electrons. The number of rotatable bonds is 0. The van der Waals surface area contributed by atoms with E-state index in [2.05, 4.69) is 10.2 Å². The molecular weight excluding hydrogens is 124 g/mol. The summed E-state index contributed by atoms with van der Waals surface area (Å²) in [7, 11) is 3.72. The van der Waals surface area contributed by atoms with E-state index in [1.54, 1.807) is 0 Å². The summed E-state index contributed by atoms with van der Waals surface area (Å²) in [5.74, 6) is 0. The molecule has 0 aromatic heterocycles. The van der Waals surface area contributed by atoms with Gasteiger partial charge in [0.2, 0.25) is 0 Å². The molecule has 1 aliphatic rings. The highest BCUT2D eigenvalue weighted by atomic mass is 28.1. The van der Waals surface area contributed by atoms with Crippen molar-refractivity contribution in [3.05, 3.63) is 0 Å². The Kier molecular flexibility index (Phi) is 3.34. The Balaban J connectivity index is 2.12. The summed E-state index contributed by atoms with van der Waals surface area (Å²) >= 11 is 0. The molecule has 1 aliphatic carbocycles. The molecule has 0 unspecified atom stereocenters. The fourth-order valence-electron chi connectivity index (χ4n) is 1.46. The first kappa shape index (κ1) is 7.33. The predicted molar refractivity (Wildman–Crippen MR) is 41.8 cm³/mol. The van der Waals surface area contributed by atoms with E-state index in [-0.39, 0.29) is 0 Å². The standard InChI is InChI=1S/C8H15Si/c9-8-6-4-2-1-3-5-7-8/h8H,1-7H2. The van der Waals surface area contributed by atoms with Gasteiger partial charge in [-0.15, -0.1) is 0 Å². The molecule has 51 valence electrons. The van der Waals surface area contributed by atoms with Crippen LogP contribution in [-0.2, 0) is 0 Å². The van der Waals surface area contributed by atoms with Gasteiger partial charge in [0.05, 0.1) is 0 Å². The SMILES string of the molecule is [Si]C1CCCCCCC1. The van der Waals surface area contributed by atoms with Gasteiger partial charge in [-0.2, -0.15) is 0 Å². The number of hydrogen-bond acceptors (Lipinski definition) is 0. The first-order valence-corrected chi connectivity index (χ1v) is 4.68. The van der Waals surface area contributed by atoms with Gasteiger partial charge >= 0.3 is 0 Å². The summed E-state index contributed by atoms with van der Waals surface area (Å²) in [6.07, 6.45) is 10.1. The Labute approximate surface area is 61.5 Å². The van der Waals surface area contributed by atoms with Crippen LogP contribution in [0.1, 0.15) is 44.9 Å². The smallest absolute Gasteiger partial charge is 0.0266 e. The van der Waals surface area contributed by atoms with Gasteiger partial charge in [-0.1, -0.05) is 50.5 Å². The molecule has 0 aromatic rings. The van der Waals surface area contributed by atoms with Crippen LogP contribution in [0.3, 0.4) is 0 Å². The van der Waals surface area contributed by atoms with E-state index in [9.17, 15) is 0 Å². The first-order chi connectivity index (χ1) is 4.39. The minimum Gasteiger partial charge on any atom is -0.0535 e. The molecule has 0 bridgehead atoms. The minimum absolute atomic E-state index is 0.824. The van der Waals surface area contributed by atoms with Crippen molar-refractivity contribution in [3.63, 3.8) is 0 Å². The molecule has 0 aliphatic heterocycles. The maximum absolute atomic E-state index is 3.72. The molecule has 0 nitrogen and oxygen atoms in total. The summed E-state index contributed by atoms with van der Waals surface area (Å²) in [6, 6.07) is 0. The van der Waals surface area contributed by atoms with Gasteiger partial charge in [0, 0.05) is 10.2 Å². The molecule has 0 saturated heterocycles. The van der Waals surface area contributed by atoms with Crippen molar-refractivity contribution in [2.24, 2.45) is 0 Å². The van der Waals surface area contributed by atoms with Crippen molar-refractivity contribution in [2.75, 3.05) is 0 Å². The Morgan fingerprint density at radius 1 is 0.778 bits per heavy atom. The largest absolute Gasteiger partial charge is 0.0535 e. The molecule has 0 aromatic carbocycles. The monoisotopic (exact) mass is 139 g/mol. The zero-order valence-corrected chi connectivity index (χ0v) is 7.03. The molecule has 9 heavy (non-hydrogen) atoms. The van der Waals surface area contributed by atoms with Crippen molar-refractivity contribution in [1.29, 1.82) is 0 Å². The molecule has 1 heteroatoms. The first-order valence-electron chi connectivity index (χ1n) is 4.11. The predicted octanol–water partition coefficient (Wildman–Crippen LogP) is 2.69. The third kappa shape index (κ3) is 3.04. The van der Waals surface area contributed by atoms with E-state index in [1.165, 1.54) is 44.9 Å². The molecule has 0 spiro atoms. The van der Waals surface area contributed by atoms with Gasteiger partial charge < -0.3 is 0 Å². The maximum Gasteiger partial charge on any atom is 0.0266 e. The van der Waals surface area contributed by atoms with Gasteiger partial charge in [-0.25, -0.2) is 0 Å². The quantitative estimate of drug-likeness (QED) is 0.453. The summed E-state index contributed by atoms with van der Waals surface area (Å²) in [5, 5.41) is 0. The van der Waals surface area contributed by atoms with E-state index in [0.29, 0.717) is 0 Å². The van der Waals surface area contributed by atoms with Gasteiger partial charge in [-0.3, -0.25) is 0 Å². The average molecular weight is 139 g/mol. The Bertz CT molecular complexity index is 63.0. The average Bonchev–Trinajstić information content (AvgIpc) is 1.79. The summed E-state index contributed by atoms with van der Waals surface area (Å²) in [5.41, 5.74) is 0.824. The molecule has 0 amide bonds. The van der Waals surface area contributed by atoms with Crippen LogP contribution < -0.4 is 0 Å². The van der Waals surface area contributed by atoms with Crippen LogP contribution in [0.4, 0.5) is 0 Å². The zero-order valence-electron chi connectivity index (χ0n) is 6.03. The van der Waals surface area contributed by atoms with E-state index in [1.807, 2.05) is 0 Å². The second-order valence-corrected chi connectivity index (χ2v) is 3.86. The Morgan fingerprint density at radius 3 is 1.78 bits per heavy atom. The fraction of sp³-hybridized carbons (Fsp3) is 1.00. The van der Waals surface area contributed by atoms with Gasteiger partial charge in [0.25, 0.3) is 0 Å². The number of hydrogen-bond donors (Lipinski definition) is 0. The zero-order chi connectivity index (χ0) is 6.53. The van der Waals surface area contributed by atoms with E-state index in [4.69, 9.17) is 0 Å². The van der Waals surface area contributed by atoms with Crippen LogP contribution in [0.2, 0.25) is 5.54 Å². The molecule has 1 saturated carbocycles. The van der Waals surface area contributed by atoms with Crippen molar-refractivity contribution >= 4 is 10.2 Å².